The van der Waals surface area contributed by atoms with E-state index in [4.69, 9.17) is 4.98 Å². The minimum Gasteiger partial charge on any atom is -0.356 e. The topological polar surface area (TPSA) is 49.3 Å². The van der Waals surface area contributed by atoms with Crippen molar-refractivity contribution in [2.24, 2.45) is 0 Å². The highest BCUT2D eigenvalue weighted by atomic mass is 16.2. The second-order valence-corrected chi connectivity index (χ2v) is 7.75. The Balaban J connectivity index is 1.46. The molecule has 3 heterocycles. The molecule has 2 aromatic carbocycles. The number of benzene rings is 2. The van der Waals surface area contributed by atoms with Crippen LogP contribution in [-0.4, -0.2) is 40.4 Å². The molecule has 1 saturated heterocycles. The van der Waals surface area contributed by atoms with Gasteiger partial charge in [0, 0.05) is 37.2 Å². The van der Waals surface area contributed by atoms with Crippen molar-refractivity contribution in [2.45, 2.75) is 32.7 Å². The molecule has 0 radical (unpaired) electrons. The molecule has 142 valence electrons. The maximum absolute atomic E-state index is 13.2. The van der Waals surface area contributed by atoms with Crippen LogP contribution >= 0.6 is 0 Å². The van der Waals surface area contributed by atoms with Gasteiger partial charge in [-0.25, -0.2) is 9.97 Å². The van der Waals surface area contributed by atoms with Crippen molar-refractivity contribution in [1.29, 1.82) is 0 Å². The summed E-state index contributed by atoms with van der Waals surface area (Å²) >= 11 is 0. The molecular formula is C23H24N4O. The Morgan fingerprint density at radius 2 is 1.75 bits per heavy atom. The zero-order valence-corrected chi connectivity index (χ0v) is 16.2. The van der Waals surface area contributed by atoms with Crippen molar-refractivity contribution in [3.05, 3.63) is 65.1 Å². The van der Waals surface area contributed by atoms with Gasteiger partial charge in [0.15, 0.2) is 0 Å². The van der Waals surface area contributed by atoms with Crippen molar-refractivity contribution in [2.75, 3.05) is 24.5 Å². The first-order chi connectivity index (χ1) is 13.7. The molecule has 5 rings (SSSR count). The van der Waals surface area contributed by atoms with Crippen LogP contribution in [0, 0.1) is 6.92 Å². The van der Waals surface area contributed by atoms with E-state index in [2.05, 4.69) is 22.0 Å². The zero-order valence-electron chi connectivity index (χ0n) is 16.2. The number of nitrogens with zero attached hydrogens (tertiary/aromatic N) is 4. The van der Waals surface area contributed by atoms with E-state index in [0.717, 1.165) is 58.7 Å². The number of anilines is 1. The molecule has 0 aliphatic carbocycles. The zero-order chi connectivity index (χ0) is 19.1. The molecule has 0 saturated carbocycles. The average molecular weight is 372 g/mol. The summed E-state index contributed by atoms with van der Waals surface area (Å²) in [7, 11) is 0. The number of aromatic nitrogens is 2. The van der Waals surface area contributed by atoms with Crippen LogP contribution in [0.1, 0.15) is 40.3 Å². The van der Waals surface area contributed by atoms with Gasteiger partial charge < -0.3 is 9.80 Å². The number of aryl methyl sites for hydroxylation is 1. The van der Waals surface area contributed by atoms with Gasteiger partial charge in [0.2, 0.25) is 0 Å². The average Bonchev–Trinajstić information content (AvgIpc) is 3.26. The summed E-state index contributed by atoms with van der Waals surface area (Å²) < 4.78 is 0. The van der Waals surface area contributed by atoms with Gasteiger partial charge in [0.05, 0.1) is 12.2 Å². The third-order valence-corrected chi connectivity index (χ3v) is 5.84. The molecule has 2 aliphatic rings. The Morgan fingerprint density at radius 1 is 0.964 bits per heavy atom. The third kappa shape index (κ3) is 3.01. The van der Waals surface area contributed by atoms with Crippen molar-refractivity contribution >= 4 is 22.5 Å². The molecule has 28 heavy (non-hydrogen) atoms. The van der Waals surface area contributed by atoms with Crippen LogP contribution in [-0.2, 0) is 13.0 Å². The summed E-state index contributed by atoms with van der Waals surface area (Å²) in [5.74, 6) is 1.95. The van der Waals surface area contributed by atoms with Crippen LogP contribution in [0.4, 0.5) is 5.82 Å². The molecule has 0 bridgehead atoms. The summed E-state index contributed by atoms with van der Waals surface area (Å²) in [6, 6.07) is 14.1. The minimum atomic E-state index is 0.0874. The number of hydrogen-bond donors (Lipinski definition) is 0. The minimum absolute atomic E-state index is 0.0874. The Labute approximate surface area is 165 Å². The fourth-order valence-corrected chi connectivity index (χ4v) is 4.39. The normalized spacial score (nSPS) is 16.5. The van der Waals surface area contributed by atoms with E-state index in [1.807, 2.05) is 42.2 Å². The number of fused-ring (bicyclic) bond motifs is 2. The fraction of sp³-hybridized carbons (Fsp3) is 0.348. The third-order valence-electron chi connectivity index (χ3n) is 5.84. The highest BCUT2D eigenvalue weighted by molar-refractivity contribution is 5.98. The van der Waals surface area contributed by atoms with Gasteiger partial charge >= 0.3 is 0 Å². The van der Waals surface area contributed by atoms with Crippen LogP contribution in [0.2, 0.25) is 0 Å². The van der Waals surface area contributed by atoms with Crippen LogP contribution in [0.25, 0.3) is 10.8 Å². The van der Waals surface area contributed by atoms with Gasteiger partial charge in [0.1, 0.15) is 11.6 Å². The number of rotatable bonds is 2. The predicted octanol–water partition coefficient (Wildman–Crippen LogP) is 3.74. The molecule has 0 unspecified atom stereocenters. The largest absolute Gasteiger partial charge is 0.356 e. The smallest absolute Gasteiger partial charge is 0.254 e. The van der Waals surface area contributed by atoms with E-state index in [1.165, 1.54) is 12.8 Å². The lowest BCUT2D eigenvalue weighted by Gasteiger charge is -2.31. The lowest BCUT2D eigenvalue weighted by Crippen LogP contribution is -2.38. The molecule has 0 N–H and O–H groups in total. The van der Waals surface area contributed by atoms with E-state index in [0.29, 0.717) is 13.1 Å². The lowest BCUT2D eigenvalue weighted by molar-refractivity contribution is 0.0733. The molecule has 5 nitrogen and oxygen atoms in total. The Bertz CT molecular complexity index is 1060. The molecule has 3 aromatic rings. The summed E-state index contributed by atoms with van der Waals surface area (Å²) in [4.78, 5) is 27.0. The molecular weight excluding hydrogens is 348 g/mol. The van der Waals surface area contributed by atoms with E-state index >= 15 is 0 Å². The number of carbonyl (C=O) groups excluding carboxylic acids is 1. The maximum atomic E-state index is 13.2. The highest BCUT2D eigenvalue weighted by Crippen LogP contribution is 2.30. The Hall–Kier alpha value is -2.95. The van der Waals surface area contributed by atoms with Gasteiger partial charge in [-0.15, -0.1) is 0 Å². The molecule has 2 aliphatic heterocycles. The first-order valence-electron chi connectivity index (χ1n) is 10.1. The SMILES string of the molecule is Cc1nc2c(c(N3CCCC3)n1)CN(C(=O)c1ccc3ccccc3c1)CC2. The van der Waals surface area contributed by atoms with Gasteiger partial charge in [-0.05, 0) is 42.7 Å². The monoisotopic (exact) mass is 372 g/mol. The van der Waals surface area contributed by atoms with Gasteiger partial charge in [-0.2, -0.15) is 0 Å². The summed E-state index contributed by atoms with van der Waals surface area (Å²) in [5, 5.41) is 2.26. The van der Waals surface area contributed by atoms with Crippen LogP contribution in [0.3, 0.4) is 0 Å². The van der Waals surface area contributed by atoms with Crippen molar-refractivity contribution in [3.63, 3.8) is 0 Å². The van der Waals surface area contributed by atoms with E-state index in [1.54, 1.807) is 0 Å². The second kappa shape index (κ2) is 6.89. The molecule has 5 heteroatoms. The molecule has 0 spiro atoms. The molecule has 1 fully saturated rings. The number of hydrogen-bond acceptors (Lipinski definition) is 4. The maximum Gasteiger partial charge on any atom is 0.254 e. The van der Waals surface area contributed by atoms with Crippen LogP contribution in [0.15, 0.2) is 42.5 Å². The van der Waals surface area contributed by atoms with Crippen molar-refractivity contribution in [3.8, 4) is 0 Å². The standard InChI is InChI=1S/C23H24N4O/c1-16-24-21-10-13-27(15-20(21)22(25-16)26-11-4-5-12-26)23(28)19-9-8-17-6-2-3-7-18(17)14-19/h2-3,6-9,14H,4-5,10-13,15H2,1H3. The van der Waals surface area contributed by atoms with Gasteiger partial charge in [-0.1, -0.05) is 30.3 Å². The summed E-state index contributed by atoms with van der Waals surface area (Å²) in [6.45, 7) is 5.34. The van der Waals surface area contributed by atoms with E-state index in [-0.39, 0.29) is 5.91 Å². The Kier molecular flexibility index (Phi) is 4.23. The lowest BCUT2D eigenvalue weighted by atomic mass is 10.0. The van der Waals surface area contributed by atoms with Crippen molar-refractivity contribution in [1.82, 2.24) is 14.9 Å². The van der Waals surface area contributed by atoms with Gasteiger partial charge in [0.25, 0.3) is 5.91 Å². The first kappa shape index (κ1) is 17.2. The molecule has 0 atom stereocenters. The van der Waals surface area contributed by atoms with Gasteiger partial charge in [-0.3, -0.25) is 4.79 Å². The molecule has 1 aromatic heterocycles. The summed E-state index contributed by atoms with van der Waals surface area (Å²) in [6.07, 6.45) is 3.20. The second-order valence-electron chi connectivity index (χ2n) is 7.75. The Morgan fingerprint density at radius 3 is 2.57 bits per heavy atom. The highest BCUT2D eigenvalue weighted by Gasteiger charge is 2.28. The van der Waals surface area contributed by atoms with Crippen LogP contribution in [0.5, 0.6) is 0 Å². The quantitative estimate of drug-likeness (QED) is 0.688. The fourth-order valence-electron chi connectivity index (χ4n) is 4.39. The van der Waals surface area contributed by atoms with Crippen molar-refractivity contribution < 1.29 is 4.79 Å². The number of amides is 1. The van der Waals surface area contributed by atoms with E-state index < -0.39 is 0 Å². The molecule has 1 amide bonds. The number of carbonyl (C=O) groups is 1. The van der Waals surface area contributed by atoms with E-state index in [9.17, 15) is 4.79 Å². The predicted molar refractivity (Wildman–Crippen MR) is 111 cm³/mol. The first-order valence-corrected chi connectivity index (χ1v) is 10.1. The van der Waals surface area contributed by atoms with Crippen LogP contribution < -0.4 is 4.90 Å². The summed E-state index contributed by atoms with van der Waals surface area (Å²) in [5.41, 5.74) is 2.99.